The van der Waals surface area contributed by atoms with Crippen LogP contribution in [0.3, 0.4) is 0 Å². The minimum absolute atomic E-state index is 1.29. The molecule has 92 valence electrons. The summed E-state index contributed by atoms with van der Waals surface area (Å²) >= 11 is 0. The lowest BCUT2D eigenvalue weighted by Crippen LogP contribution is -2.06. The topological polar surface area (TPSA) is 0 Å². The van der Waals surface area contributed by atoms with Crippen LogP contribution in [-0.4, -0.2) is 0 Å². The van der Waals surface area contributed by atoms with E-state index in [1.807, 2.05) is 0 Å². The van der Waals surface area contributed by atoms with Gasteiger partial charge in [0.1, 0.15) is 0 Å². The minimum atomic E-state index is 1.29. The van der Waals surface area contributed by atoms with Crippen LogP contribution in [0, 0.1) is 0 Å². The monoisotopic (exact) mass is 236 g/mol. The molecule has 0 spiro atoms. The molecule has 2 aromatic rings. The van der Waals surface area contributed by atoms with E-state index in [4.69, 9.17) is 0 Å². The van der Waals surface area contributed by atoms with E-state index >= 15 is 0 Å². The standard InChI is InChI=1S/C18H20/c1-2-7-15-12-18-16(11-14(15)6-1)10-9-13-5-3-4-8-17(13)18/h9-12H,1-8H2. The Morgan fingerprint density at radius 1 is 0.611 bits per heavy atom. The molecule has 0 radical (unpaired) electrons. The van der Waals surface area contributed by atoms with Crippen molar-refractivity contribution in [3.8, 4) is 0 Å². The predicted molar refractivity (Wildman–Crippen MR) is 77.2 cm³/mol. The molecule has 0 saturated heterocycles. The van der Waals surface area contributed by atoms with Gasteiger partial charge in [-0.05, 0) is 84.4 Å². The molecule has 0 N–H and O–H groups in total. The predicted octanol–water partition coefficient (Wildman–Crippen LogP) is 4.60. The Hall–Kier alpha value is -1.30. The zero-order valence-electron chi connectivity index (χ0n) is 11.0. The summed E-state index contributed by atoms with van der Waals surface area (Å²) in [6.45, 7) is 0. The summed E-state index contributed by atoms with van der Waals surface area (Å²) < 4.78 is 0. The van der Waals surface area contributed by atoms with Crippen LogP contribution in [0.1, 0.15) is 47.9 Å². The van der Waals surface area contributed by atoms with Gasteiger partial charge in [-0.3, -0.25) is 0 Å². The first-order chi connectivity index (χ1) is 8.92. The fourth-order valence-electron chi connectivity index (χ4n) is 3.81. The molecule has 0 fully saturated rings. The Morgan fingerprint density at radius 2 is 1.28 bits per heavy atom. The quantitative estimate of drug-likeness (QED) is 0.627. The number of hydrogen-bond acceptors (Lipinski definition) is 0. The number of hydrogen-bond donors (Lipinski definition) is 0. The molecular formula is C18H20. The molecule has 0 heterocycles. The zero-order valence-corrected chi connectivity index (χ0v) is 11.0. The Labute approximate surface area is 109 Å². The number of fused-ring (bicyclic) bond motifs is 4. The van der Waals surface area contributed by atoms with Gasteiger partial charge >= 0.3 is 0 Å². The maximum atomic E-state index is 2.52. The second kappa shape index (κ2) is 4.12. The van der Waals surface area contributed by atoms with Gasteiger partial charge in [0.2, 0.25) is 0 Å². The van der Waals surface area contributed by atoms with Gasteiger partial charge in [-0.1, -0.05) is 24.3 Å². The van der Waals surface area contributed by atoms with Crippen LogP contribution in [0.25, 0.3) is 10.8 Å². The van der Waals surface area contributed by atoms with Gasteiger partial charge in [0.25, 0.3) is 0 Å². The maximum Gasteiger partial charge on any atom is -0.0146 e. The molecule has 0 amide bonds. The normalized spacial score (nSPS) is 18.4. The third-order valence-corrected chi connectivity index (χ3v) is 4.81. The Balaban J connectivity index is 1.98. The highest BCUT2D eigenvalue weighted by atomic mass is 14.2. The van der Waals surface area contributed by atoms with Gasteiger partial charge in [0.15, 0.2) is 0 Å². The third kappa shape index (κ3) is 1.59. The van der Waals surface area contributed by atoms with Gasteiger partial charge < -0.3 is 0 Å². The molecule has 0 saturated carbocycles. The van der Waals surface area contributed by atoms with Crippen molar-refractivity contribution in [3.05, 3.63) is 46.5 Å². The molecule has 2 aromatic carbocycles. The lowest BCUT2D eigenvalue weighted by Gasteiger charge is -2.21. The summed E-state index contributed by atoms with van der Waals surface area (Å²) in [5.41, 5.74) is 6.52. The smallest absolute Gasteiger partial charge is 0.0146 e. The van der Waals surface area contributed by atoms with E-state index in [2.05, 4.69) is 24.3 Å². The molecule has 18 heavy (non-hydrogen) atoms. The van der Waals surface area contributed by atoms with E-state index in [9.17, 15) is 0 Å². The minimum Gasteiger partial charge on any atom is -0.0581 e. The van der Waals surface area contributed by atoms with E-state index < -0.39 is 0 Å². The van der Waals surface area contributed by atoms with Crippen molar-refractivity contribution >= 4 is 10.8 Å². The summed E-state index contributed by atoms with van der Waals surface area (Å²) in [7, 11) is 0. The SMILES string of the molecule is c1cc2cc3c(cc2c2c1CCCC2)CCCC3. The lowest BCUT2D eigenvalue weighted by atomic mass is 9.84. The van der Waals surface area contributed by atoms with Crippen LogP contribution in [-0.2, 0) is 25.7 Å². The third-order valence-electron chi connectivity index (χ3n) is 4.81. The fourth-order valence-corrected chi connectivity index (χ4v) is 3.81. The van der Waals surface area contributed by atoms with Gasteiger partial charge in [0, 0.05) is 0 Å². The maximum absolute atomic E-state index is 2.52. The van der Waals surface area contributed by atoms with Crippen LogP contribution in [0.4, 0.5) is 0 Å². The molecule has 0 nitrogen and oxygen atoms in total. The van der Waals surface area contributed by atoms with E-state index in [0.717, 1.165) is 0 Å². The second-order valence-corrected chi connectivity index (χ2v) is 5.96. The summed E-state index contributed by atoms with van der Waals surface area (Å²) in [4.78, 5) is 0. The number of aryl methyl sites for hydroxylation is 4. The van der Waals surface area contributed by atoms with Gasteiger partial charge in [-0.15, -0.1) is 0 Å². The molecule has 2 aliphatic carbocycles. The van der Waals surface area contributed by atoms with E-state index in [-0.39, 0.29) is 0 Å². The molecule has 0 bridgehead atoms. The summed E-state index contributed by atoms with van der Waals surface area (Å²) in [5.74, 6) is 0. The number of rotatable bonds is 0. The Bertz CT molecular complexity index is 605. The van der Waals surface area contributed by atoms with Crippen molar-refractivity contribution in [2.45, 2.75) is 51.4 Å². The van der Waals surface area contributed by atoms with Crippen molar-refractivity contribution < 1.29 is 0 Å². The molecule has 0 heteroatoms. The summed E-state index contributed by atoms with van der Waals surface area (Å²) in [6.07, 6.45) is 10.7. The van der Waals surface area contributed by atoms with E-state index in [1.165, 1.54) is 56.8 Å². The lowest BCUT2D eigenvalue weighted by molar-refractivity contribution is 0.683. The van der Waals surface area contributed by atoms with Gasteiger partial charge in [0.05, 0.1) is 0 Å². The summed E-state index contributed by atoms with van der Waals surface area (Å²) in [6, 6.07) is 9.73. The van der Waals surface area contributed by atoms with E-state index in [1.54, 1.807) is 27.6 Å². The Morgan fingerprint density at radius 3 is 2.11 bits per heavy atom. The van der Waals surface area contributed by atoms with Gasteiger partial charge in [-0.2, -0.15) is 0 Å². The summed E-state index contributed by atoms with van der Waals surface area (Å²) in [5, 5.41) is 3.05. The molecule has 4 rings (SSSR count). The van der Waals surface area contributed by atoms with Crippen LogP contribution in [0.15, 0.2) is 24.3 Å². The number of benzene rings is 2. The van der Waals surface area contributed by atoms with Crippen molar-refractivity contribution in [1.82, 2.24) is 0 Å². The second-order valence-electron chi connectivity index (χ2n) is 5.96. The van der Waals surface area contributed by atoms with Gasteiger partial charge in [-0.25, -0.2) is 0 Å². The fraction of sp³-hybridized carbons (Fsp3) is 0.444. The first-order valence-corrected chi connectivity index (χ1v) is 7.48. The molecule has 0 aromatic heterocycles. The van der Waals surface area contributed by atoms with Crippen LogP contribution in [0.5, 0.6) is 0 Å². The molecular weight excluding hydrogens is 216 g/mol. The first-order valence-electron chi connectivity index (χ1n) is 7.48. The van der Waals surface area contributed by atoms with Crippen LogP contribution in [0.2, 0.25) is 0 Å². The van der Waals surface area contributed by atoms with Crippen molar-refractivity contribution in [2.24, 2.45) is 0 Å². The highest BCUT2D eigenvalue weighted by Crippen LogP contribution is 2.33. The average molecular weight is 236 g/mol. The van der Waals surface area contributed by atoms with Crippen LogP contribution >= 0.6 is 0 Å². The highest BCUT2D eigenvalue weighted by Gasteiger charge is 2.15. The molecule has 0 atom stereocenters. The zero-order chi connectivity index (χ0) is 11.9. The molecule has 0 aliphatic heterocycles. The van der Waals surface area contributed by atoms with E-state index in [0.29, 0.717) is 0 Å². The average Bonchev–Trinajstić information content (AvgIpc) is 2.45. The largest absolute Gasteiger partial charge is 0.0581 e. The molecule has 2 aliphatic rings. The highest BCUT2D eigenvalue weighted by molar-refractivity contribution is 5.88. The molecule has 0 unspecified atom stereocenters. The van der Waals surface area contributed by atoms with Crippen molar-refractivity contribution in [2.75, 3.05) is 0 Å². The van der Waals surface area contributed by atoms with Crippen molar-refractivity contribution in [3.63, 3.8) is 0 Å². The van der Waals surface area contributed by atoms with Crippen molar-refractivity contribution in [1.29, 1.82) is 0 Å². The Kier molecular flexibility index (Phi) is 2.43. The first kappa shape index (κ1) is 10.6. The van der Waals surface area contributed by atoms with Crippen LogP contribution < -0.4 is 0 Å².